The second kappa shape index (κ2) is 8.43. The van der Waals surface area contributed by atoms with E-state index < -0.39 is 0 Å². The smallest absolute Gasteiger partial charge is 0.267 e. The molecule has 7 nitrogen and oxygen atoms in total. The number of nitrogens with zero attached hydrogens (tertiary/aromatic N) is 3. The molecule has 0 bridgehead atoms. The quantitative estimate of drug-likeness (QED) is 0.791. The lowest BCUT2D eigenvalue weighted by Crippen LogP contribution is -2.52. The van der Waals surface area contributed by atoms with E-state index in [0.29, 0.717) is 36.7 Å². The molecular weight excluding hydrogens is 400 g/mol. The highest BCUT2D eigenvalue weighted by Crippen LogP contribution is 2.52. The van der Waals surface area contributed by atoms with Gasteiger partial charge >= 0.3 is 0 Å². The fourth-order valence-electron chi connectivity index (χ4n) is 4.96. The van der Waals surface area contributed by atoms with Crippen LogP contribution in [0.25, 0.3) is 0 Å². The van der Waals surface area contributed by atoms with E-state index in [9.17, 15) is 9.59 Å². The number of fused-ring (bicyclic) bond motifs is 2. The van der Waals surface area contributed by atoms with Crippen LogP contribution in [0, 0.1) is 6.92 Å². The highest BCUT2D eigenvalue weighted by atomic mass is 32.1. The van der Waals surface area contributed by atoms with Crippen molar-refractivity contribution in [2.24, 2.45) is 0 Å². The van der Waals surface area contributed by atoms with Crippen LogP contribution < -0.4 is 5.32 Å². The van der Waals surface area contributed by atoms with E-state index in [4.69, 9.17) is 4.74 Å². The summed E-state index contributed by atoms with van der Waals surface area (Å²) in [5.74, 6) is 0.0322. The summed E-state index contributed by atoms with van der Waals surface area (Å²) in [6, 6.07) is 8.17. The average molecular weight is 429 g/mol. The Bertz CT molecular complexity index is 936. The lowest BCUT2D eigenvalue weighted by molar-refractivity contribution is -0.123. The Labute approximate surface area is 181 Å². The Balaban J connectivity index is 1.63. The fraction of sp³-hybridized carbons (Fsp3) is 0.545. The summed E-state index contributed by atoms with van der Waals surface area (Å²) in [6.07, 6.45) is 1.89. The summed E-state index contributed by atoms with van der Waals surface area (Å²) in [4.78, 5) is 27.7. The number of rotatable bonds is 5. The summed E-state index contributed by atoms with van der Waals surface area (Å²) in [5.41, 5.74) is 2.86. The second-order valence-corrected chi connectivity index (χ2v) is 8.75. The van der Waals surface area contributed by atoms with Crippen LogP contribution in [0.3, 0.4) is 0 Å². The third kappa shape index (κ3) is 3.41. The molecular formula is C22H28N4O3S. The van der Waals surface area contributed by atoms with Gasteiger partial charge in [-0.1, -0.05) is 35.7 Å². The highest BCUT2D eigenvalue weighted by Gasteiger charge is 2.54. The van der Waals surface area contributed by atoms with Crippen LogP contribution in [-0.2, 0) is 14.9 Å². The van der Waals surface area contributed by atoms with Crippen LogP contribution in [0.5, 0.6) is 0 Å². The molecule has 2 aliphatic rings. The molecule has 2 amide bonds. The molecule has 2 aromatic rings. The zero-order valence-electron chi connectivity index (χ0n) is 17.7. The minimum Gasteiger partial charge on any atom is -0.375 e. The zero-order valence-corrected chi connectivity index (χ0v) is 18.5. The van der Waals surface area contributed by atoms with Gasteiger partial charge in [0.1, 0.15) is 4.88 Å². The van der Waals surface area contributed by atoms with E-state index in [1.165, 1.54) is 5.56 Å². The van der Waals surface area contributed by atoms with Crippen molar-refractivity contribution in [2.45, 2.75) is 57.6 Å². The third-order valence-corrected chi connectivity index (χ3v) is 7.27. The first-order valence-corrected chi connectivity index (χ1v) is 11.4. The lowest BCUT2D eigenvalue weighted by atomic mass is 9.71. The molecule has 0 saturated carbocycles. The maximum atomic E-state index is 13.0. The SMILES string of the molecule is CCO[C@H]1[C@H](NC(=O)CC)c2ccccc2C12CCN(C(=O)c1snnc1C)CC2. The van der Waals surface area contributed by atoms with Gasteiger partial charge in [-0.3, -0.25) is 9.59 Å². The van der Waals surface area contributed by atoms with Gasteiger partial charge in [0, 0.05) is 31.5 Å². The number of benzene rings is 1. The van der Waals surface area contributed by atoms with Crippen LogP contribution in [0.1, 0.15) is 65.6 Å². The van der Waals surface area contributed by atoms with Gasteiger partial charge in [-0.2, -0.15) is 0 Å². The summed E-state index contributed by atoms with van der Waals surface area (Å²) >= 11 is 1.16. The second-order valence-electron chi connectivity index (χ2n) is 8.00. The van der Waals surface area contributed by atoms with E-state index in [1.807, 2.05) is 31.7 Å². The first-order valence-electron chi connectivity index (χ1n) is 10.6. The number of nitrogens with one attached hydrogen (secondary N) is 1. The van der Waals surface area contributed by atoms with E-state index in [2.05, 4.69) is 33.1 Å². The van der Waals surface area contributed by atoms with Gasteiger partial charge in [0.25, 0.3) is 5.91 Å². The van der Waals surface area contributed by atoms with Crippen LogP contribution >= 0.6 is 11.5 Å². The molecule has 1 N–H and O–H groups in total. The van der Waals surface area contributed by atoms with Crippen molar-refractivity contribution in [3.8, 4) is 0 Å². The lowest BCUT2D eigenvalue weighted by Gasteiger charge is -2.44. The van der Waals surface area contributed by atoms with Crippen LogP contribution in [0.15, 0.2) is 24.3 Å². The Kier molecular flexibility index (Phi) is 5.88. The van der Waals surface area contributed by atoms with Gasteiger partial charge in [-0.05, 0) is 49.3 Å². The minimum atomic E-state index is -0.212. The molecule has 8 heteroatoms. The molecule has 1 aliphatic carbocycles. The van der Waals surface area contributed by atoms with Crippen molar-refractivity contribution in [3.63, 3.8) is 0 Å². The van der Waals surface area contributed by atoms with Crippen LogP contribution in [0.2, 0.25) is 0 Å². The van der Waals surface area contributed by atoms with Crippen molar-refractivity contribution in [1.29, 1.82) is 0 Å². The Morgan fingerprint density at radius 3 is 2.63 bits per heavy atom. The van der Waals surface area contributed by atoms with Crippen LogP contribution in [0.4, 0.5) is 0 Å². The molecule has 1 saturated heterocycles. The Morgan fingerprint density at radius 1 is 1.27 bits per heavy atom. The topological polar surface area (TPSA) is 84.4 Å². The zero-order chi connectivity index (χ0) is 21.3. The molecule has 2 atom stereocenters. The van der Waals surface area contributed by atoms with Crippen LogP contribution in [-0.4, -0.2) is 52.1 Å². The monoisotopic (exact) mass is 428 g/mol. The number of carbonyl (C=O) groups excluding carboxylic acids is 2. The number of hydrogen-bond donors (Lipinski definition) is 1. The van der Waals surface area contributed by atoms with Gasteiger partial charge < -0.3 is 15.0 Å². The minimum absolute atomic E-state index is 0.00688. The molecule has 4 rings (SSSR count). The molecule has 0 unspecified atom stereocenters. The van der Waals surface area contributed by atoms with Crippen molar-refractivity contribution in [1.82, 2.24) is 19.8 Å². The van der Waals surface area contributed by atoms with Gasteiger partial charge in [0.15, 0.2) is 0 Å². The molecule has 30 heavy (non-hydrogen) atoms. The number of amides is 2. The number of piperidine rings is 1. The first-order chi connectivity index (χ1) is 14.5. The predicted molar refractivity (Wildman–Crippen MR) is 114 cm³/mol. The van der Waals surface area contributed by atoms with Gasteiger partial charge in [0.2, 0.25) is 5.91 Å². The van der Waals surface area contributed by atoms with Crippen molar-refractivity contribution in [3.05, 3.63) is 46.0 Å². The van der Waals surface area contributed by atoms with Gasteiger partial charge in [0.05, 0.1) is 17.8 Å². The maximum Gasteiger partial charge on any atom is 0.267 e. The van der Waals surface area contributed by atoms with E-state index in [-0.39, 0.29) is 29.4 Å². The Morgan fingerprint density at radius 2 is 2.00 bits per heavy atom. The molecule has 2 heterocycles. The number of likely N-dealkylation sites (tertiary alicyclic amines) is 1. The Hall–Kier alpha value is -2.32. The average Bonchev–Trinajstić information content (AvgIpc) is 3.30. The standard InChI is InChI=1S/C22H28N4O3S/c1-4-17(27)23-18-15-8-6-7-9-16(15)22(20(18)29-5-2)10-12-26(13-11-22)21(28)19-14(3)24-25-30-19/h6-9,18,20H,4-5,10-13H2,1-3H3,(H,23,27)/t18-,20+/m1/s1. The van der Waals surface area contributed by atoms with Crippen molar-refractivity contribution in [2.75, 3.05) is 19.7 Å². The number of carbonyl (C=O) groups is 2. The number of ether oxygens (including phenoxy) is 1. The molecule has 1 spiro atoms. The first kappa shape index (κ1) is 20.9. The van der Waals surface area contributed by atoms with E-state index in [1.54, 1.807) is 0 Å². The largest absolute Gasteiger partial charge is 0.375 e. The number of aromatic nitrogens is 2. The van der Waals surface area contributed by atoms with Gasteiger partial charge in [-0.25, -0.2) is 0 Å². The summed E-state index contributed by atoms with van der Waals surface area (Å²) in [7, 11) is 0. The molecule has 1 fully saturated rings. The third-order valence-electron chi connectivity index (χ3n) is 6.45. The highest BCUT2D eigenvalue weighted by molar-refractivity contribution is 7.07. The van der Waals surface area contributed by atoms with Crippen molar-refractivity contribution >= 4 is 23.3 Å². The number of aryl methyl sites for hydroxylation is 1. The molecule has 0 radical (unpaired) electrons. The van der Waals surface area contributed by atoms with E-state index >= 15 is 0 Å². The van der Waals surface area contributed by atoms with Crippen molar-refractivity contribution < 1.29 is 14.3 Å². The molecule has 160 valence electrons. The molecule has 1 aliphatic heterocycles. The van der Waals surface area contributed by atoms with Gasteiger partial charge in [-0.15, -0.1) is 5.10 Å². The predicted octanol–water partition coefficient (Wildman–Crippen LogP) is 3.01. The van der Waals surface area contributed by atoms with E-state index in [0.717, 1.165) is 29.9 Å². The normalized spacial score (nSPS) is 22.2. The molecule has 1 aromatic heterocycles. The maximum absolute atomic E-state index is 13.0. The summed E-state index contributed by atoms with van der Waals surface area (Å²) in [5, 5.41) is 7.17. The summed E-state index contributed by atoms with van der Waals surface area (Å²) < 4.78 is 10.2. The fourth-order valence-corrected chi connectivity index (χ4v) is 5.58. The summed E-state index contributed by atoms with van der Waals surface area (Å²) in [6.45, 7) is 7.54. The number of hydrogen-bond acceptors (Lipinski definition) is 6. The molecule has 1 aromatic carbocycles.